The van der Waals surface area contributed by atoms with Crippen LogP contribution in [0.3, 0.4) is 0 Å². The molecule has 0 aliphatic heterocycles. The molecule has 0 radical (unpaired) electrons. The number of anilines is 3. The molecule has 0 saturated heterocycles. The molecule has 1 aromatic heterocycles. The van der Waals surface area contributed by atoms with Crippen LogP contribution in [0.2, 0.25) is 0 Å². The normalized spacial score (nSPS) is 10.5. The van der Waals surface area contributed by atoms with Gasteiger partial charge in [-0.25, -0.2) is 20.2 Å². The van der Waals surface area contributed by atoms with Gasteiger partial charge in [0.05, 0.1) is 0 Å². The van der Waals surface area contributed by atoms with Crippen LogP contribution >= 0.6 is 0 Å². The predicted molar refractivity (Wildman–Crippen MR) is 83.0 cm³/mol. The minimum Gasteiger partial charge on any atom is -0.329 e. The van der Waals surface area contributed by atoms with Crippen LogP contribution in [-0.2, 0) is 6.42 Å². The lowest BCUT2D eigenvalue weighted by Gasteiger charge is -2.22. The maximum Gasteiger partial charge on any atom is 0.148 e. The molecular weight excluding hydrogens is 269 g/mol. The second-order valence-corrected chi connectivity index (χ2v) is 4.87. The SMILES string of the molecule is CCCc1nc(NN)c(C)c(N(C)c2cccc(F)c2)n1. The van der Waals surface area contributed by atoms with Crippen LogP contribution in [0.5, 0.6) is 0 Å². The number of nitrogens with two attached hydrogens (primary N) is 1. The standard InChI is InChI=1S/C15H20FN5/c1-4-6-13-18-14(20-17)10(2)15(19-13)21(3)12-8-5-7-11(16)9-12/h5,7-9H,4,6,17H2,1-3H3,(H,18,19,20). The molecule has 0 fully saturated rings. The number of hydrazine groups is 1. The van der Waals surface area contributed by atoms with Crippen molar-refractivity contribution in [3.63, 3.8) is 0 Å². The van der Waals surface area contributed by atoms with Crippen LogP contribution in [0.25, 0.3) is 0 Å². The van der Waals surface area contributed by atoms with Crippen LogP contribution in [0, 0.1) is 12.7 Å². The van der Waals surface area contributed by atoms with E-state index in [1.807, 2.05) is 24.9 Å². The van der Waals surface area contributed by atoms with E-state index >= 15 is 0 Å². The Kier molecular flexibility index (Phi) is 4.70. The molecule has 6 heteroatoms. The van der Waals surface area contributed by atoms with Gasteiger partial charge in [-0.1, -0.05) is 13.0 Å². The number of rotatable bonds is 5. The molecule has 21 heavy (non-hydrogen) atoms. The highest BCUT2D eigenvalue weighted by Gasteiger charge is 2.15. The van der Waals surface area contributed by atoms with Crippen molar-refractivity contribution in [2.24, 2.45) is 5.84 Å². The average Bonchev–Trinajstić information content (AvgIpc) is 2.48. The third-order valence-corrected chi connectivity index (χ3v) is 3.29. The Morgan fingerprint density at radius 3 is 2.71 bits per heavy atom. The van der Waals surface area contributed by atoms with Crippen molar-refractivity contribution in [2.45, 2.75) is 26.7 Å². The Morgan fingerprint density at radius 1 is 1.33 bits per heavy atom. The number of aromatic nitrogens is 2. The van der Waals surface area contributed by atoms with E-state index in [1.54, 1.807) is 6.07 Å². The summed E-state index contributed by atoms with van der Waals surface area (Å²) in [5.74, 6) is 7.27. The van der Waals surface area contributed by atoms with E-state index < -0.39 is 0 Å². The van der Waals surface area contributed by atoms with Crippen LogP contribution in [-0.4, -0.2) is 17.0 Å². The Balaban J connectivity index is 2.48. The zero-order valence-corrected chi connectivity index (χ0v) is 12.5. The zero-order valence-electron chi connectivity index (χ0n) is 12.5. The molecule has 2 aromatic rings. The fourth-order valence-electron chi connectivity index (χ4n) is 2.16. The maximum atomic E-state index is 13.4. The van der Waals surface area contributed by atoms with E-state index in [2.05, 4.69) is 22.3 Å². The second kappa shape index (κ2) is 6.49. The summed E-state index contributed by atoms with van der Waals surface area (Å²) in [4.78, 5) is 10.8. The first-order valence-corrected chi connectivity index (χ1v) is 6.90. The van der Waals surface area contributed by atoms with Gasteiger partial charge in [0.15, 0.2) is 0 Å². The van der Waals surface area contributed by atoms with Gasteiger partial charge in [-0.05, 0) is 31.5 Å². The van der Waals surface area contributed by atoms with Crippen LogP contribution in [0.1, 0.15) is 24.7 Å². The molecule has 112 valence electrons. The van der Waals surface area contributed by atoms with Crippen molar-refractivity contribution in [1.82, 2.24) is 9.97 Å². The molecule has 0 saturated carbocycles. The van der Waals surface area contributed by atoms with Crippen molar-refractivity contribution >= 4 is 17.3 Å². The molecule has 0 atom stereocenters. The Hall–Kier alpha value is -2.21. The number of nitrogens with one attached hydrogen (secondary N) is 1. The number of hydrogen-bond donors (Lipinski definition) is 2. The summed E-state index contributed by atoms with van der Waals surface area (Å²) in [7, 11) is 1.85. The fourth-order valence-corrected chi connectivity index (χ4v) is 2.16. The fraction of sp³-hybridized carbons (Fsp3) is 0.333. The highest BCUT2D eigenvalue weighted by atomic mass is 19.1. The number of aryl methyl sites for hydroxylation is 1. The van der Waals surface area contributed by atoms with Crippen LogP contribution in [0.15, 0.2) is 24.3 Å². The molecule has 0 amide bonds. The lowest BCUT2D eigenvalue weighted by Crippen LogP contribution is -2.18. The Labute approximate surface area is 124 Å². The predicted octanol–water partition coefficient (Wildman–Crippen LogP) is 2.93. The first-order chi connectivity index (χ1) is 10.1. The number of hydrogen-bond acceptors (Lipinski definition) is 5. The Morgan fingerprint density at radius 2 is 2.10 bits per heavy atom. The van der Waals surface area contributed by atoms with Gasteiger partial charge in [-0.15, -0.1) is 0 Å². The topological polar surface area (TPSA) is 67.1 Å². The van der Waals surface area contributed by atoms with Crippen molar-refractivity contribution in [3.8, 4) is 0 Å². The molecular formula is C15H20FN5. The average molecular weight is 289 g/mol. The summed E-state index contributed by atoms with van der Waals surface area (Å²) in [6.45, 7) is 3.95. The summed E-state index contributed by atoms with van der Waals surface area (Å²) in [6.07, 6.45) is 1.70. The van der Waals surface area contributed by atoms with Crippen molar-refractivity contribution in [1.29, 1.82) is 0 Å². The highest BCUT2D eigenvalue weighted by molar-refractivity contribution is 5.66. The lowest BCUT2D eigenvalue weighted by molar-refractivity contribution is 0.628. The van der Waals surface area contributed by atoms with Gasteiger partial charge >= 0.3 is 0 Å². The van der Waals surface area contributed by atoms with Crippen molar-refractivity contribution < 1.29 is 4.39 Å². The molecule has 1 heterocycles. The van der Waals surface area contributed by atoms with E-state index in [0.29, 0.717) is 17.5 Å². The summed E-state index contributed by atoms with van der Waals surface area (Å²) in [5.41, 5.74) is 4.15. The molecule has 0 spiro atoms. The van der Waals surface area contributed by atoms with Gasteiger partial charge < -0.3 is 10.3 Å². The molecule has 1 aromatic carbocycles. The summed E-state index contributed by atoms with van der Waals surface area (Å²) < 4.78 is 13.4. The van der Waals surface area contributed by atoms with E-state index in [4.69, 9.17) is 5.84 Å². The minimum absolute atomic E-state index is 0.281. The quantitative estimate of drug-likeness (QED) is 0.654. The highest BCUT2D eigenvalue weighted by Crippen LogP contribution is 2.28. The molecule has 0 aliphatic rings. The Bertz CT molecular complexity index is 629. The second-order valence-electron chi connectivity index (χ2n) is 4.87. The zero-order chi connectivity index (χ0) is 15.4. The van der Waals surface area contributed by atoms with E-state index in [1.165, 1.54) is 12.1 Å². The summed E-state index contributed by atoms with van der Waals surface area (Å²) in [5, 5.41) is 0. The molecule has 0 aliphatic carbocycles. The molecule has 5 nitrogen and oxygen atoms in total. The first-order valence-electron chi connectivity index (χ1n) is 6.90. The number of nitrogen functional groups attached to an aromatic ring is 1. The minimum atomic E-state index is -0.281. The van der Waals surface area contributed by atoms with Gasteiger partial charge in [-0.3, -0.25) is 0 Å². The molecule has 0 unspecified atom stereocenters. The van der Waals surface area contributed by atoms with E-state index in [9.17, 15) is 4.39 Å². The summed E-state index contributed by atoms with van der Waals surface area (Å²) in [6, 6.07) is 6.39. The van der Waals surface area contributed by atoms with Gasteiger partial charge in [0.25, 0.3) is 0 Å². The van der Waals surface area contributed by atoms with Gasteiger partial charge in [-0.2, -0.15) is 0 Å². The van der Waals surface area contributed by atoms with Crippen LogP contribution < -0.4 is 16.2 Å². The first kappa shape index (κ1) is 15.2. The van der Waals surface area contributed by atoms with E-state index in [-0.39, 0.29) is 5.82 Å². The number of nitrogens with zero attached hydrogens (tertiary/aromatic N) is 3. The smallest absolute Gasteiger partial charge is 0.148 e. The summed E-state index contributed by atoms with van der Waals surface area (Å²) >= 11 is 0. The maximum absolute atomic E-state index is 13.4. The van der Waals surface area contributed by atoms with Crippen molar-refractivity contribution in [3.05, 3.63) is 41.5 Å². The largest absolute Gasteiger partial charge is 0.329 e. The molecule has 2 rings (SSSR count). The third kappa shape index (κ3) is 3.28. The van der Waals surface area contributed by atoms with Gasteiger partial charge in [0.1, 0.15) is 23.3 Å². The van der Waals surface area contributed by atoms with Gasteiger partial charge in [0, 0.05) is 24.7 Å². The molecule has 3 N–H and O–H groups in total. The monoisotopic (exact) mass is 289 g/mol. The van der Waals surface area contributed by atoms with E-state index in [0.717, 1.165) is 24.1 Å². The van der Waals surface area contributed by atoms with Gasteiger partial charge in [0.2, 0.25) is 0 Å². The number of benzene rings is 1. The number of halogens is 1. The van der Waals surface area contributed by atoms with Crippen molar-refractivity contribution in [2.75, 3.05) is 17.4 Å². The lowest BCUT2D eigenvalue weighted by atomic mass is 10.2. The third-order valence-electron chi connectivity index (χ3n) is 3.29. The molecule has 0 bridgehead atoms. The van der Waals surface area contributed by atoms with Crippen LogP contribution in [0.4, 0.5) is 21.7 Å².